The van der Waals surface area contributed by atoms with Gasteiger partial charge in [-0.1, -0.05) is 0 Å². The fourth-order valence-corrected chi connectivity index (χ4v) is 1.86. The second kappa shape index (κ2) is 2.34. The molecule has 0 aromatic carbocycles. The number of hydrogen-bond donors (Lipinski definition) is 2. The zero-order valence-corrected chi connectivity index (χ0v) is 7.51. The van der Waals surface area contributed by atoms with Crippen molar-refractivity contribution in [3.63, 3.8) is 0 Å². The van der Waals surface area contributed by atoms with Gasteiger partial charge in [0.1, 0.15) is 0 Å². The van der Waals surface area contributed by atoms with E-state index in [4.69, 9.17) is 12.2 Å². The maximum atomic E-state index is 9.52. The second-order valence-electron chi connectivity index (χ2n) is 3.08. The van der Waals surface area contributed by atoms with E-state index in [1.807, 2.05) is 0 Å². The first-order valence-electron chi connectivity index (χ1n) is 3.76. The molecule has 1 aromatic heterocycles. The number of imidazole rings is 1. The first kappa shape index (κ1) is 7.82. The van der Waals surface area contributed by atoms with Crippen molar-refractivity contribution in [3.05, 3.63) is 10.5 Å². The molecule has 1 aromatic rings. The zero-order valence-electron chi connectivity index (χ0n) is 6.69. The largest absolute Gasteiger partial charge is 0.493 e. The average molecular weight is 186 g/mol. The molecule has 1 unspecified atom stereocenters. The minimum Gasteiger partial charge on any atom is -0.493 e. The van der Waals surface area contributed by atoms with Crippen molar-refractivity contribution in [1.82, 2.24) is 9.13 Å². The summed E-state index contributed by atoms with van der Waals surface area (Å²) < 4.78 is 3.89. The Morgan fingerprint density at radius 1 is 1.58 bits per heavy atom. The summed E-state index contributed by atoms with van der Waals surface area (Å²) in [5, 5.41) is 18.8. The Kier molecular flexibility index (Phi) is 1.52. The Balaban J connectivity index is 2.66. The molecule has 0 fully saturated rings. The molecule has 0 spiro atoms. The summed E-state index contributed by atoms with van der Waals surface area (Å²) in [6.45, 7) is 0.503. The third-order valence-corrected chi connectivity index (χ3v) is 2.74. The Bertz CT molecular complexity index is 379. The van der Waals surface area contributed by atoms with Gasteiger partial charge in [0.25, 0.3) is 0 Å². The SMILES string of the molecule is Cn1c(O)c2n(c1=S)CC(O)C2. The highest BCUT2D eigenvalue weighted by atomic mass is 32.1. The first-order valence-corrected chi connectivity index (χ1v) is 4.17. The van der Waals surface area contributed by atoms with Crippen LogP contribution in [0.15, 0.2) is 0 Å². The van der Waals surface area contributed by atoms with E-state index < -0.39 is 6.10 Å². The van der Waals surface area contributed by atoms with Crippen molar-refractivity contribution in [1.29, 1.82) is 0 Å². The minimum atomic E-state index is -0.395. The number of aliphatic hydroxyl groups excluding tert-OH is 1. The van der Waals surface area contributed by atoms with Crippen LogP contribution in [0.3, 0.4) is 0 Å². The van der Waals surface area contributed by atoms with Crippen LogP contribution < -0.4 is 0 Å². The molecule has 4 nitrogen and oxygen atoms in total. The number of aliphatic hydroxyl groups is 1. The Morgan fingerprint density at radius 2 is 2.25 bits per heavy atom. The number of aromatic nitrogens is 2. The fourth-order valence-electron chi connectivity index (χ4n) is 1.59. The third-order valence-electron chi connectivity index (χ3n) is 2.24. The van der Waals surface area contributed by atoms with E-state index in [1.54, 1.807) is 16.2 Å². The lowest BCUT2D eigenvalue weighted by atomic mass is 10.2. The molecular weight excluding hydrogens is 176 g/mol. The van der Waals surface area contributed by atoms with Gasteiger partial charge < -0.3 is 14.8 Å². The van der Waals surface area contributed by atoms with E-state index in [0.717, 1.165) is 5.69 Å². The van der Waals surface area contributed by atoms with E-state index in [-0.39, 0.29) is 5.88 Å². The zero-order chi connectivity index (χ0) is 8.88. The van der Waals surface area contributed by atoms with Gasteiger partial charge in [-0.15, -0.1) is 0 Å². The predicted octanol–water partition coefficient (Wildman–Crippen LogP) is 0.179. The first-order chi connectivity index (χ1) is 5.61. The van der Waals surface area contributed by atoms with Gasteiger partial charge >= 0.3 is 0 Å². The molecule has 2 N–H and O–H groups in total. The number of rotatable bonds is 0. The van der Waals surface area contributed by atoms with Gasteiger partial charge in [0.05, 0.1) is 18.3 Å². The molecule has 66 valence electrons. The molecule has 1 aliphatic heterocycles. The third kappa shape index (κ3) is 0.834. The van der Waals surface area contributed by atoms with Crippen LogP contribution in [-0.2, 0) is 20.0 Å². The molecule has 5 heteroatoms. The van der Waals surface area contributed by atoms with Crippen molar-refractivity contribution in [3.8, 4) is 5.88 Å². The van der Waals surface area contributed by atoms with E-state index in [1.165, 1.54) is 0 Å². The van der Waals surface area contributed by atoms with Gasteiger partial charge in [-0.2, -0.15) is 0 Å². The quantitative estimate of drug-likeness (QED) is 0.568. The van der Waals surface area contributed by atoms with Crippen molar-refractivity contribution in [2.75, 3.05) is 0 Å². The Morgan fingerprint density at radius 3 is 2.83 bits per heavy atom. The van der Waals surface area contributed by atoms with Crippen molar-refractivity contribution in [2.45, 2.75) is 19.1 Å². The molecule has 1 aliphatic rings. The van der Waals surface area contributed by atoms with Crippen molar-refractivity contribution < 1.29 is 10.2 Å². The minimum absolute atomic E-state index is 0.177. The summed E-state index contributed by atoms with van der Waals surface area (Å²) in [7, 11) is 1.72. The average Bonchev–Trinajstić information content (AvgIpc) is 2.49. The molecule has 0 amide bonds. The van der Waals surface area contributed by atoms with Crippen LogP contribution >= 0.6 is 12.2 Å². The van der Waals surface area contributed by atoms with Crippen LogP contribution in [-0.4, -0.2) is 25.5 Å². The van der Waals surface area contributed by atoms with Crippen LogP contribution in [0.4, 0.5) is 0 Å². The molecule has 0 aliphatic carbocycles. The summed E-state index contributed by atoms with van der Waals surface area (Å²) >= 11 is 5.05. The highest BCUT2D eigenvalue weighted by Gasteiger charge is 2.25. The summed E-state index contributed by atoms with van der Waals surface area (Å²) in [4.78, 5) is 0. The predicted molar refractivity (Wildman–Crippen MR) is 45.6 cm³/mol. The van der Waals surface area contributed by atoms with Gasteiger partial charge in [-0.3, -0.25) is 4.57 Å². The molecule has 0 bridgehead atoms. The molecule has 0 saturated carbocycles. The highest BCUT2D eigenvalue weighted by Crippen LogP contribution is 2.26. The van der Waals surface area contributed by atoms with Crippen molar-refractivity contribution >= 4 is 12.2 Å². The summed E-state index contributed by atoms with van der Waals surface area (Å²) in [5.41, 5.74) is 0.745. The monoisotopic (exact) mass is 186 g/mol. The molecule has 0 radical (unpaired) electrons. The van der Waals surface area contributed by atoms with Crippen LogP contribution in [0.5, 0.6) is 5.88 Å². The van der Waals surface area contributed by atoms with E-state index >= 15 is 0 Å². The van der Waals surface area contributed by atoms with Crippen LogP contribution in [0.1, 0.15) is 5.69 Å². The molecule has 1 atom stereocenters. The summed E-state index contributed by atoms with van der Waals surface area (Å²) in [6.07, 6.45) is 0.102. The van der Waals surface area contributed by atoms with Crippen LogP contribution in [0, 0.1) is 4.77 Å². The van der Waals surface area contributed by atoms with Gasteiger partial charge in [0, 0.05) is 13.5 Å². The summed E-state index contributed by atoms with van der Waals surface area (Å²) in [6, 6.07) is 0. The molecule has 2 rings (SSSR count). The van der Waals surface area contributed by atoms with Crippen LogP contribution in [0.2, 0.25) is 0 Å². The highest BCUT2D eigenvalue weighted by molar-refractivity contribution is 7.71. The maximum Gasteiger partial charge on any atom is 0.213 e. The second-order valence-corrected chi connectivity index (χ2v) is 3.45. The summed E-state index contributed by atoms with van der Waals surface area (Å²) in [5.74, 6) is 0.177. The fraction of sp³-hybridized carbons (Fsp3) is 0.571. The van der Waals surface area contributed by atoms with Gasteiger partial charge in [-0.25, -0.2) is 0 Å². The Labute approximate surface area is 74.7 Å². The number of hydrogen-bond acceptors (Lipinski definition) is 3. The lowest BCUT2D eigenvalue weighted by Gasteiger charge is -1.99. The molecule has 2 heterocycles. The normalized spacial score (nSPS) is 21.3. The lowest BCUT2D eigenvalue weighted by molar-refractivity contribution is 0.174. The van der Waals surface area contributed by atoms with Gasteiger partial charge in [0.2, 0.25) is 5.88 Å². The van der Waals surface area contributed by atoms with Gasteiger partial charge in [0.15, 0.2) is 4.77 Å². The topological polar surface area (TPSA) is 50.3 Å². The van der Waals surface area contributed by atoms with Crippen molar-refractivity contribution in [2.24, 2.45) is 7.05 Å². The van der Waals surface area contributed by atoms with E-state index in [9.17, 15) is 10.2 Å². The van der Waals surface area contributed by atoms with Gasteiger partial charge in [-0.05, 0) is 12.2 Å². The number of nitrogens with zero attached hydrogens (tertiary/aromatic N) is 2. The van der Waals surface area contributed by atoms with E-state index in [2.05, 4.69) is 0 Å². The Hall–Kier alpha value is -0.810. The number of fused-ring (bicyclic) bond motifs is 1. The molecule has 0 saturated heterocycles. The molecule has 12 heavy (non-hydrogen) atoms. The lowest BCUT2D eigenvalue weighted by Crippen LogP contribution is -2.08. The standard InChI is InChI=1S/C7H10N2O2S/c1-8-6(11)5-2-4(10)3-9(5)7(8)12/h4,10-11H,2-3H2,1H3. The smallest absolute Gasteiger partial charge is 0.213 e. The number of aromatic hydroxyl groups is 1. The molecular formula is C7H10N2O2S. The van der Waals surface area contributed by atoms with Crippen LogP contribution in [0.25, 0.3) is 0 Å². The maximum absolute atomic E-state index is 9.52. The van der Waals surface area contributed by atoms with E-state index in [0.29, 0.717) is 17.7 Å².